The van der Waals surface area contributed by atoms with Crippen LogP contribution in [0.2, 0.25) is 5.02 Å². The zero-order valence-electron chi connectivity index (χ0n) is 16.3. The Kier molecular flexibility index (Phi) is 5.54. The molecule has 0 saturated carbocycles. The molecule has 0 unspecified atom stereocenters. The molecule has 2 aromatic carbocycles. The van der Waals surface area contributed by atoms with E-state index in [0.717, 1.165) is 54.7 Å². The lowest BCUT2D eigenvalue weighted by Crippen LogP contribution is -2.43. The maximum absolute atomic E-state index is 13.5. The number of hydrogen-bond acceptors (Lipinski definition) is 2. The molecule has 3 aromatic rings. The summed E-state index contributed by atoms with van der Waals surface area (Å²) >= 11 is 6.10. The molecule has 0 N–H and O–H groups in total. The molecule has 1 aliphatic heterocycles. The van der Waals surface area contributed by atoms with Crippen molar-refractivity contribution in [2.24, 2.45) is 0 Å². The van der Waals surface area contributed by atoms with Gasteiger partial charge in [0.05, 0.1) is 5.69 Å². The summed E-state index contributed by atoms with van der Waals surface area (Å²) in [6, 6.07) is 16.8. The van der Waals surface area contributed by atoms with Gasteiger partial charge in [0.15, 0.2) is 0 Å². The molecule has 4 rings (SSSR count). The van der Waals surface area contributed by atoms with Gasteiger partial charge in [-0.15, -0.1) is 0 Å². The minimum Gasteiger partial charge on any atom is -0.314 e. The van der Waals surface area contributed by atoms with E-state index >= 15 is 0 Å². The summed E-state index contributed by atoms with van der Waals surface area (Å²) in [4.78, 5) is 4.87. The lowest BCUT2D eigenvalue weighted by Gasteiger charge is -2.32. The van der Waals surface area contributed by atoms with Gasteiger partial charge < -0.3 is 9.47 Å². The van der Waals surface area contributed by atoms with Crippen molar-refractivity contribution < 1.29 is 4.39 Å². The standard InChI is InChI=1S/C23H25ClFN3/c1-17-19(16-27-13-11-26(2)12-14-27)15-23(18-3-7-21(25)8-4-18)28(17)22-9-5-20(24)6-10-22/h3-10,15H,11-14,16H2,1-2H3. The van der Waals surface area contributed by atoms with Crippen molar-refractivity contribution >= 4 is 11.6 Å². The Labute approximate surface area is 171 Å². The third kappa shape index (κ3) is 4.00. The van der Waals surface area contributed by atoms with E-state index in [0.29, 0.717) is 0 Å². The first kappa shape index (κ1) is 19.2. The second kappa shape index (κ2) is 8.08. The van der Waals surface area contributed by atoms with Crippen LogP contribution >= 0.6 is 11.6 Å². The van der Waals surface area contributed by atoms with E-state index in [2.05, 4.69) is 34.4 Å². The molecular weight excluding hydrogens is 373 g/mol. The van der Waals surface area contributed by atoms with E-state index in [-0.39, 0.29) is 5.82 Å². The highest BCUT2D eigenvalue weighted by Gasteiger charge is 2.19. The first-order chi connectivity index (χ1) is 13.5. The van der Waals surface area contributed by atoms with Gasteiger partial charge in [0.25, 0.3) is 0 Å². The molecule has 1 fully saturated rings. The van der Waals surface area contributed by atoms with Crippen LogP contribution in [0.1, 0.15) is 11.3 Å². The van der Waals surface area contributed by atoms with Gasteiger partial charge in [0.2, 0.25) is 0 Å². The average molecular weight is 398 g/mol. The molecule has 5 heteroatoms. The summed E-state index contributed by atoms with van der Waals surface area (Å²) in [5.74, 6) is -0.220. The van der Waals surface area contributed by atoms with Gasteiger partial charge in [-0.2, -0.15) is 0 Å². The van der Waals surface area contributed by atoms with Crippen LogP contribution in [0.4, 0.5) is 4.39 Å². The summed E-state index contributed by atoms with van der Waals surface area (Å²) in [5, 5.41) is 0.717. The first-order valence-electron chi connectivity index (χ1n) is 9.65. The van der Waals surface area contributed by atoms with Crippen molar-refractivity contribution in [2.45, 2.75) is 13.5 Å². The van der Waals surface area contributed by atoms with Crippen molar-refractivity contribution in [1.29, 1.82) is 0 Å². The minimum absolute atomic E-state index is 0.220. The maximum atomic E-state index is 13.5. The Morgan fingerprint density at radius 2 is 1.57 bits per heavy atom. The lowest BCUT2D eigenvalue weighted by molar-refractivity contribution is 0.148. The second-order valence-electron chi connectivity index (χ2n) is 7.54. The van der Waals surface area contributed by atoms with Crippen LogP contribution in [0.25, 0.3) is 16.9 Å². The molecule has 0 atom stereocenters. The fraction of sp³-hybridized carbons (Fsp3) is 0.304. The average Bonchev–Trinajstić information content (AvgIpc) is 3.01. The van der Waals surface area contributed by atoms with Crippen molar-refractivity contribution in [2.75, 3.05) is 33.2 Å². The van der Waals surface area contributed by atoms with Crippen LogP contribution in [0.5, 0.6) is 0 Å². The molecule has 1 aliphatic rings. The molecule has 0 radical (unpaired) electrons. The second-order valence-corrected chi connectivity index (χ2v) is 7.97. The minimum atomic E-state index is -0.220. The van der Waals surface area contributed by atoms with Gasteiger partial charge in [-0.05, 0) is 79.7 Å². The van der Waals surface area contributed by atoms with Crippen LogP contribution in [0.3, 0.4) is 0 Å². The summed E-state index contributed by atoms with van der Waals surface area (Å²) in [6.45, 7) is 7.44. The Bertz CT molecular complexity index is 939. The number of benzene rings is 2. The number of aromatic nitrogens is 1. The fourth-order valence-corrected chi connectivity index (χ4v) is 3.95. The molecular formula is C23H25ClFN3. The molecule has 28 heavy (non-hydrogen) atoms. The topological polar surface area (TPSA) is 11.4 Å². The molecule has 0 spiro atoms. The van der Waals surface area contributed by atoms with Gasteiger partial charge in [0.1, 0.15) is 5.82 Å². The number of rotatable bonds is 4. The Hall–Kier alpha value is -2.14. The first-order valence-corrected chi connectivity index (χ1v) is 10.0. The van der Waals surface area contributed by atoms with Gasteiger partial charge in [-0.1, -0.05) is 11.6 Å². The normalized spacial score (nSPS) is 15.9. The largest absolute Gasteiger partial charge is 0.314 e. The molecule has 1 aromatic heterocycles. The van der Waals surface area contributed by atoms with Crippen LogP contribution < -0.4 is 0 Å². The van der Waals surface area contributed by atoms with E-state index in [9.17, 15) is 4.39 Å². The van der Waals surface area contributed by atoms with Crippen molar-refractivity contribution in [3.05, 3.63) is 76.7 Å². The highest BCUT2D eigenvalue weighted by Crippen LogP contribution is 2.31. The summed E-state index contributed by atoms with van der Waals surface area (Å²) in [5.41, 5.74) is 5.65. The summed E-state index contributed by atoms with van der Waals surface area (Å²) < 4.78 is 15.7. The van der Waals surface area contributed by atoms with Gasteiger partial charge in [-0.25, -0.2) is 4.39 Å². The van der Waals surface area contributed by atoms with Crippen LogP contribution in [0.15, 0.2) is 54.6 Å². The van der Waals surface area contributed by atoms with Crippen LogP contribution in [-0.4, -0.2) is 47.6 Å². The SMILES string of the molecule is Cc1c(CN2CCN(C)CC2)cc(-c2ccc(F)cc2)n1-c1ccc(Cl)cc1. The van der Waals surface area contributed by atoms with Crippen molar-refractivity contribution in [3.63, 3.8) is 0 Å². The van der Waals surface area contributed by atoms with Crippen molar-refractivity contribution in [3.8, 4) is 16.9 Å². The van der Waals surface area contributed by atoms with Crippen LogP contribution in [-0.2, 0) is 6.54 Å². The predicted molar refractivity (Wildman–Crippen MR) is 114 cm³/mol. The fourth-order valence-electron chi connectivity index (χ4n) is 3.82. The summed E-state index contributed by atoms with van der Waals surface area (Å²) in [7, 11) is 2.17. The van der Waals surface area contributed by atoms with E-state index in [1.807, 2.05) is 36.4 Å². The lowest BCUT2D eigenvalue weighted by atomic mass is 10.1. The van der Waals surface area contributed by atoms with Gasteiger partial charge >= 0.3 is 0 Å². The molecule has 0 bridgehead atoms. The highest BCUT2D eigenvalue weighted by molar-refractivity contribution is 6.30. The zero-order chi connectivity index (χ0) is 19.7. The molecule has 2 heterocycles. The van der Waals surface area contributed by atoms with E-state index in [4.69, 9.17) is 11.6 Å². The van der Waals surface area contributed by atoms with Gasteiger partial charge in [-0.3, -0.25) is 4.90 Å². The van der Waals surface area contributed by atoms with Crippen LogP contribution in [0, 0.1) is 12.7 Å². The smallest absolute Gasteiger partial charge is 0.123 e. The Balaban J connectivity index is 1.75. The molecule has 0 amide bonds. The number of piperazine rings is 1. The predicted octanol–water partition coefficient (Wildman–Crippen LogP) is 4.99. The Morgan fingerprint density at radius 1 is 0.929 bits per heavy atom. The molecule has 146 valence electrons. The third-order valence-corrected chi connectivity index (χ3v) is 5.82. The highest BCUT2D eigenvalue weighted by atomic mass is 35.5. The third-order valence-electron chi connectivity index (χ3n) is 5.57. The quantitative estimate of drug-likeness (QED) is 0.614. The van der Waals surface area contributed by atoms with Gasteiger partial charge in [0, 0.05) is 49.1 Å². The number of nitrogens with zero attached hydrogens (tertiary/aromatic N) is 3. The van der Waals surface area contributed by atoms with E-state index in [1.165, 1.54) is 23.4 Å². The monoisotopic (exact) mass is 397 g/mol. The Morgan fingerprint density at radius 3 is 2.21 bits per heavy atom. The molecule has 0 aliphatic carbocycles. The van der Waals surface area contributed by atoms with E-state index < -0.39 is 0 Å². The number of halogens is 2. The zero-order valence-corrected chi connectivity index (χ0v) is 17.1. The molecule has 3 nitrogen and oxygen atoms in total. The maximum Gasteiger partial charge on any atom is 0.123 e. The summed E-state index contributed by atoms with van der Waals surface area (Å²) in [6.07, 6.45) is 0. The number of likely N-dealkylation sites (N-methyl/N-ethyl adjacent to an activating group) is 1. The number of hydrogen-bond donors (Lipinski definition) is 0. The van der Waals surface area contributed by atoms with E-state index in [1.54, 1.807) is 0 Å². The van der Waals surface area contributed by atoms with Crippen molar-refractivity contribution in [1.82, 2.24) is 14.4 Å². The molecule has 1 saturated heterocycles.